The Morgan fingerprint density at radius 1 is 1.07 bits per heavy atom. The summed E-state index contributed by atoms with van der Waals surface area (Å²) in [4.78, 5) is 12.1. The SMILES string of the molecule is C/C(=N\NC(=O)CSc1nnc(SCc2ccc(Cl)cc2)s1)c1ccccc1Cl. The largest absolute Gasteiger partial charge is 0.272 e. The number of thioether (sulfide) groups is 2. The zero-order chi connectivity index (χ0) is 20.6. The molecule has 0 atom stereocenters. The van der Waals surface area contributed by atoms with Crippen molar-refractivity contribution in [1.29, 1.82) is 0 Å². The molecule has 0 aliphatic heterocycles. The monoisotopic (exact) mass is 482 g/mol. The third-order valence-corrected chi connectivity index (χ3v) is 7.44. The van der Waals surface area contributed by atoms with E-state index in [1.165, 1.54) is 23.1 Å². The van der Waals surface area contributed by atoms with Crippen molar-refractivity contribution in [3.05, 3.63) is 69.7 Å². The fraction of sp³-hybridized carbons (Fsp3) is 0.158. The van der Waals surface area contributed by atoms with Crippen molar-refractivity contribution < 1.29 is 4.79 Å². The van der Waals surface area contributed by atoms with E-state index in [4.69, 9.17) is 23.2 Å². The van der Waals surface area contributed by atoms with Gasteiger partial charge in [-0.25, -0.2) is 5.43 Å². The quantitative estimate of drug-likeness (QED) is 0.250. The number of carbonyl (C=O) groups excluding carboxylic acids is 1. The standard InChI is InChI=1S/C19H16Cl2N4OS3/c1-12(15-4-2-3-5-16(15)21)22-23-17(26)11-28-19-25-24-18(29-19)27-10-13-6-8-14(20)9-7-13/h2-9H,10-11H2,1H3,(H,23,26)/b22-12+. The van der Waals surface area contributed by atoms with Gasteiger partial charge in [-0.2, -0.15) is 5.10 Å². The van der Waals surface area contributed by atoms with E-state index >= 15 is 0 Å². The molecule has 3 aromatic rings. The van der Waals surface area contributed by atoms with E-state index in [-0.39, 0.29) is 11.7 Å². The fourth-order valence-electron chi connectivity index (χ4n) is 2.16. The average molecular weight is 483 g/mol. The normalized spacial score (nSPS) is 11.5. The van der Waals surface area contributed by atoms with E-state index < -0.39 is 0 Å². The first-order valence-corrected chi connectivity index (χ1v) is 12.0. The number of hydrazone groups is 1. The molecule has 0 fully saturated rings. The van der Waals surface area contributed by atoms with Gasteiger partial charge < -0.3 is 0 Å². The topological polar surface area (TPSA) is 67.2 Å². The van der Waals surface area contributed by atoms with Crippen LogP contribution >= 0.6 is 58.1 Å². The van der Waals surface area contributed by atoms with Crippen LogP contribution in [0.15, 0.2) is 62.3 Å². The predicted molar refractivity (Wildman–Crippen MR) is 123 cm³/mol. The number of nitrogens with zero attached hydrogens (tertiary/aromatic N) is 3. The Hall–Kier alpha value is -1.58. The van der Waals surface area contributed by atoms with Crippen LogP contribution in [0.5, 0.6) is 0 Å². The van der Waals surface area contributed by atoms with Gasteiger partial charge in [0.1, 0.15) is 0 Å². The second-order valence-corrected chi connectivity index (χ2v) is 10.0. The molecule has 29 heavy (non-hydrogen) atoms. The molecule has 0 aliphatic carbocycles. The van der Waals surface area contributed by atoms with Crippen molar-refractivity contribution in [2.75, 3.05) is 5.75 Å². The van der Waals surface area contributed by atoms with Gasteiger partial charge in [-0.15, -0.1) is 10.2 Å². The molecule has 2 aromatic carbocycles. The summed E-state index contributed by atoms with van der Waals surface area (Å²) in [6.45, 7) is 1.80. The maximum Gasteiger partial charge on any atom is 0.250 e. The molecule has 1 aromatic heterocycles. The molecular weight excluding hydrogens is 467 g/mol. The Kier molecular flexibility index (Phi) is 8.38. The van der Waals surface area contributed by atoms with Crippen LogP contribution in [0.4, 0.5) is 0 Å². The zero-order valence-corrected chi connectivity index (χ0v) is 19.2. The highest BCUT2D eigenvalue weighted by atomic mass is 35.5. The number of rotatable bonds is 8. The minimum Gasteiger partial charge on any atom is -0.272 e. The molecule has 0 bridgehead atoms. The van der Waals surface area contributed by atoms with Crippen LogP contribution in [-0.4, -0.2) is 27.6 Å². The highest BCUT2D eigenvalue weighted by Gasteiger charge is 2.09. The molecule has 150 valence electrons. The Morgan fingerprint density at radius 3 is 2.48 bits per heavy atom. The first-order valence-electron chi connectivity index (χ1n) is 8.43. The molecule has 0 spiro atoms. The average Bonchev–Trinajstić information content (AvgIpc) is 3.18. The number of nitrogens with one attached hydrogen (secondary N) is 1. The van der Waals surface area contributed by atoms with Crippen LogP contribution in [0.2, 0.25) is 10.0 Å². The zero-order valence-electron chi connectivity index (χ0n) is 15.3. The summed E-state index contributed by atoms with van der Waals surface area (Å²) in [5.74, 6) is 0.773. The molecule has 1 heterocycles. The lowest BCUT2D eigenvalue weighted by molar-refractivity contribution is -0.118. The summed E-state index contributed by atoms with van der Waals surface area (Å²) in [6, 6.07) is 15.1. The summed E-state index contributed by atoms with van der Waals surface area (Å²) in [7, 11) is 0. The second-order valence-electron chi connectivity index (χ2n) is 5.75. The number of aromatic nitrogens is 2. The molecule has 0 saturated carbocycles. The van der Waals surface area contributed by atoms with Gasteiger partial charge in [0.2, 0.25) is 0 Å². The number of benzene rings is 2. The van der Waals surface area contributed by atoms with Crippen LogP contribution in [-0.2, 0) is 10.5 Å². The van der Waals surface area contributed by atoms with Crippen LogP contribution < -0.4 is 5.43 Å². The predicted octanol–water partition coefficient (Wildman–Crippen LogP) is 5.77. The van der Waals surface area contributed by atoms with E-state index in [2.05, 4.69) is 20.7 Å². The van der Waals surface area contributed by atoms with Crippen molar-refractivity contribution in [2.24, 2.45) is 5.10 Å². The van der Waals surface area contributed by atoms with Crippen molar-refractivity contribution >= 4 is 69.7 Å². The number of hydrogen-bond donors (Lipinski definition) is 1. The van der Waals surface area contributed by atoms with Gasteiger partial charge >= 0.3 is 0 Å². The molecular formula is C19H16Cl2N4OS3. The maximum atomic E-state index is 12.1. The van der Waals surface area contributed by atoms with Gasteiger partial charge in [0.15, 0.2) is 8.68 Å². The summed E-state index contributed by atoms with van der Waals surface area (Å²) in [5.41, 5.74) is 5.14. The van der Waals surface area contributed by atoms with Crippen LogP contribution in [0.25, 0.3) is 0 Å². The highest BCUT2D eigenvalue weighted by molar-refractivity contribution is 8.03. The van der Waals surface area contributed by atoms with Crippen molar-refractivity contribution in [3.63, 3.8) is 0 Å². The van der Waals surface area contributed by atoms with E-state index in [9.17, 15) is 4.79 Å². The number of carbonyl (C=O) groups is 1. The molecule has 0 unspecified atom stereocenters. The van der Waals surface area contributed by atoms with Gasteiger partial charge in [-0.1, -0.05) is 88.4 Å². The molecule has 1 N–H and O–H groups in total. The highest BCUT2D eigenvalue weighted by Crippen LogP contribution is 2.30. The minimum absolute atomic E-state index is 0.204. The first kappa shape index (κ1) is 22.1. The molecule has 3 rings (SSSR count). The third-order valence-electron chi connectivity index (χ3n) is 3.60. The Morgan fingerprint density at radius 2 is 1.76 bits per heavy atom. The Balaban J connectivity index is 1.45. The van der Waals surface area contributed by atoms with E-state index in [0.717, 1.165) is 30.6 Å². The van der Waals surface area contributed by atoms with Crippen LogP contribution in [0.3, 0.4) is 0 Å². The van der Waals surface area contributed by atoms with Crippen LogP contribution in [0, 0.1) is 0 Å². The number of hydrogen-bond acceptors (Lipinski definition) is 7. The molecule has 1 amide bonds. The Bertz CT molecular complexity index is 1010. The van der Waals surface area contributed by atoms with E-state index in [1.54, 1.807) is 24.8 Å². The van der Waals surface area contributed by atoms with Gasteiger partial charge in [-0.05, 0) is 30.7 Å². The lowest BCUT2D eigenvalue weighted by atomic mass is 10.1. The molecule has 10 heteroatoms. The minimum atomic E-state index is -0.216. The Labute approximate surface area is 191 Å². The molecule has 0 aliphatic rings. The van der Waals surface area contributed by atoms with Gasteiger partial charge in [0.05, 0.1) is 11.5 Å². The first-order chi connectivity index (χ1) is 14.0. The smallest absolute Gasteiger partial charge is 0.250 e. The summed E-state index contributed by atoms with van der Waals surface area (Å²) in [5, 5.41) is 13.7. The van der Waals surface area contributed by atoms with Crippen LogP contribution in [0.1, 0.15) is 18.1 Å². The summed E-state index contributed by atoms with van der Waals surface area (Å²) >= 11 is 16.4. The third kappa shape index (κ3) is 7.01. The molecule has 0 radical (unpaired) electrons. The summed E-state index contributed by atoms with van der Waals surface area (Å²) < 4.78 is 1.60. The molecule has 5 nitrogen and oxygen atoms in total. The second kappa shape index (κ2) is 11.0. The van der Waals surface area contributed by atoms with Gasteiger partial charge in [-0.3, -0.25) is 4.79 Å². The molecule has 0 saturated heterocycles. The van der Waals surface area contributed by atoms with E-state index in [1.807, 2.05) is 42.5 Å². The van der Waals surface area contributed by atoms with Crippen molar-refractivity contribution in [1.82, 2.24) is 15.6 Å². The van der Waals surface area contributed by atoms with Crippen molar-refractivity contribution in [2.45, 2.75) is 21.4 Å². The summed E-state index contributed by atoms with van der Waals surface area (Å²) in [6.07, 6.45) is 0. The van der Waals surface area contributed by atoms with E-state index in [0.29, 0.717) is 10.7 Å². The van der Waals surface area contributed by atoms with Gasteiger partial charge in [0.25, 0.3) is 5.91 Å². The lowest BCUT2D eigenvalue weighted by Crippen LogP contribution is -2.21. The van der Waals surface area contributed by atoms with Gasteiger partial charge in [0, 0.05) is 21.4 Å². The fourth-order valence-corrected chi connectivity index (χ4v) is 5.33. The lowest BCUT2D eigenvalue weighted by Gasteiger charge is -2.04. The maximum absolute atomic E-state index is 12.1. The number of amides is 1. The number of halogens is 2. The van der Waals surface area contributed by atoms with Crippen molar-refractivity contribution in [3.8, 4) is 0 Å².